The van der Waals surface area contributed by atoms with Gasteiger partial charge in [0.2, 0.25) is 0 Å². The first-order chi connectivity index (χ1) is 16.6. The fourth-order valence-corrected chi connectivity index (χ4v) is 4.67. The van der Waals surface area contributed by atoms with Crippen LogP contribution >= 0.6 is 0 Å². The molecule has 1 aliphatic heterocycles. The number of benzene rings is 2. The number of alkyl halides is 1. The van der Waals surface area contributed by atoms with Crippen molar-refractivity contribution in [1.29, 1.82) is 0 Å². The van der Waals surface area contributed by atoms with Gasteiger partial charge in [-0.2, -0.15) is 5.10 Å². The number of hydrogen-bond donors (Lipinski definition) is 0. The molecule has 0 unspecified atom stereocenters. The predicted molar refractivity (Wildman–Crippen MR) is 134 cm³/mol. The van der Waals surface area contributed by atoms with Crippen molar-refractivity contribution in [3.8, 4) is 0 Å². The Morgan fingerprint density at radius 1 is 0.941 bits per heavy atom. The summed E-state index contributed by atoms with van der Waals surface area (Å²) in [4.78, 5) is 28.5. The van der Waals surface area contributed by atoms with Crippen molar-refractivity contribution >= 4 is 16.5 Å². The second kappa shape index (κ2) is 11.4. The van der Waals surface area contributed by atoms with Crippen LogP contribution in [0.2, 0.25) is 0 Å². The lowest BCUT2D eigenvalue weighted by atomic mass is 10.00. The normalized spacial score (nSPS) is 14.7. The average molecular weight is 467 g/mol. The lowest BCUT2D eigenvalue weighted by molar-refractivity contribution is 0.250. The molecule has 0 saturated carbocycles. The summed E-state index contributed by atoms with van der Waals surface area (Å²) in [6.07, 6.45) is 5.42. The standard InChI is InChI=1S/C26H34FN5O2/c1-29-25(33)20-28-32(26(29)34)13-7-6-12-30-14-16-31(17-15-30)24-19-21(8-4-5-11-27)18-22-9-2-3-10-23(22)24/h2-3,9-10,18-20H,4-8,11-17H2,1H3/i27-1. The SMILES string of the molecule is Cn1c(=O)cnn(CCCCN2CCN(c3cc(CCCC[18F])cc4ccccc34)CC2)c1=O. The van der Waals surface area contributed by atoms with E-state index in [0.29, 0.717) is 13.0 Å². The van der Waals surface area contributed by atoms with Gasteiger partial charge in [0.15, 0.2) is 0 Å². The predicted octanol–water partition coefficient (Wildman–Crippen LogP) is 2.99. The minimum Gasteiger partial charge on any atom is -0.368 e. The van der Waals surface area contributed by atoms with Crippen molar-refractivity contribution in [2.75, 3.05) is 44.3 Å². The number of fused-ring (bicyclic) bond motifs is 1. The summed E-state index contributed by atoms with van der Waals surface area (Å²) in [5, 5.41) is 6.48. The van der Waals surface area contributed by atoms with Crippen molar-refractivity contribution in [3.05, 3.63) is 69.0 Å². The maximum absolute atomic E-state index is 12.6. The van der Waals surface area contributed by atoms with Gasteiger partial charge in [-0.25, -0.2) is 9.48 Å². The van der Waals surface area contributed by atoms with Gasteiger partial charge in [-0.1, -0.05) is 30.3 Å². The fraction of sp³-hybridized carbons (Fsp3) is 0.500. The Bertz CT molecular complexity index is 1210. The van der Waals surface area contributed by atoms with Crippen molar-refractivity contribution in [2.24, 2.45) is 7.05 Å². The maximum Gasteiger partial charge on any atom is 0.347 e. The van der Waals surface area contributed by atoms with Gasteiger partial charge >= 0.3 is 5.69 Å². The van der Waals surface area contributed by atoms with Crippen molar-refractivity contribution < 1.29 is 4.39 Å². The largest absolute Gasteiger partial charge is 0.368 e. The molecule has 0 N–H and O–H groups in total. The van der Waals surface area contributed by atoms with E-state index in [1.54, 1.807) is 0 Å². The van der Waals surface area contributed by atoms with Crippen LogP contribution in [0.15, 0.2) is 52.2 Å². The summed E-state index contributed by atoms with van der Waals surface area (Å²) in [7, 11) is 1.48. The van der Waals surface area contributed by atoms with E-state index >= 15 is 0 Å². The Hall–Kier alpha value is -3.00. The molecular formula is C26H34FN5O2. The molecular weight excluding hydrogens is 432 g/mol. The molecule has 8 heteroatoms. The van der Waals surface area contributed by atoms with Crippen LogP contribution in [0.3, 0.4) is 0 Å². The van der Waals surface area contributed by atoms with E-state index in [0.717, 1.165) is 63.0 Å². The van der Waals surface area contributed by atoms with Crippen LogP contribution < -0.4 is 16.1 Å². The lowest BCUT2D eigenvalue weighted by Gasteiger charge is -2.37. The number of aryl methyl sites for hydroxylation is 2. The van der Waals surface area contributed by atoms with E-state index < -0.39 is 0 Å². The average Bonchev–Trinajstić information content (AvgIpc) is 2.86. The molecule has 0 bridgehead atoms. The van der Waals surface area contributed by atoms with Gasteiger partial charge in [0, 0.05) is 50.8 Å². The van der Waals surface area contributed by atoms with Gasteiger partial charge in [-0.15, -0.1) is 0 Å². The first kappa shape index (κ1) is 24.1. The lowest BCUT2D eigenvalue weighted by Crippen LogP contribution is -2.46. The molecule has 34 heavy (non-hydrogen) atoms. The van der Waals surface area contributed by atoms with Gasteiger partial charge < -0.3 is 4.90 Å². The Morgan fingerprint density at radius 2 is 1.71 bits per heavy atom. The molecule has 4 rings (SSSR count). The minimum atomic E-state index is -0.378. The number of hydrogen-bond acceptors (Lipinski definition) is 5. The number of aromatic nitrogens is 3. The molecule has 2 heterocycles. The Kier molecular flexibility index (Phi) is 8.11. The highest BCUT2D eigenvalue weighted by Crippen LogP contribution is 2.30. The Labute approximate surface area is 199 Å². The van der Waals surface area contributed by atoms with Gasteiger partial charge in [0.25, 0.3) is 5.56 Å². The van der Waals surface area contributed by atoms with Crippen LogP contribution in [0, 0.1) is 0 Å². The molecule has 0 amide bonds. The highest BCUT2D eigenvalue weighted by Gasteiger charge is 2.19. The van der Waals surface area contributed by atoms with E-state index in [1.807, 2.05) is 0 Å². The van der Waals surface area contributed by atoms with Crippen LogP contribution in [0.5, 0.6) is 0 Å². The molecule has 1 saturated heterocycles. The Morgan fingerprint density at radius 3 is 2.50 bits per heavy atom. The number of anilines is 1. The van der Waals surface area contributed by atoms with E-state index in [9.17, 15) is 14.0 Å². The van der Waals surface area contributed by atoms with E-state index in [2.05, 4.69) is 51.3 Å². The zero-order valence-corrected chi connectivity index (χ0v) is 20.0. The van der Waals surface area contributed by atoms with Crippen LogP contribution in [0.1, 0.15) is 31.2 Å². The monoisotopic (exact) mass is 466 g/mol. The van der Waals surface area contributed by atoms with E-state index in [1.165, 1.54) is 39.9 Å². The molecule has 0 radical (unpaired) electrons. The third kappa shape index (κ3) is 5.73. The number of halogens is 1. The number of nitrogens with zero attached hydrogens (tertiary/aromatic N) is 5. The summed E-state index contributed by atoms with van der Waals surface area (Å²) < 4.78 is 15.0. The van der Waals surface area contributed by atoms with Crippen LogP contribution in [0.25, 0.3) is 10.8 Å². The molecule has 3 aromatic rings. The molecule has 2 aromatic carbocycles. The van der Waals surface area contributed by atoms with Gasteiger partial charge in [-0.05, 0) is 55.7 Å². The molecule has 0 aliphatic carbocycles. The number of rotatable bonds is 10. The summed E-state index contributed by atoms with van der Waals surface area (Å²) in [6, 6.07) is 13.1. The molecule has 0 spiro atoms. The molecule has 1 aromatic heterocycles. The molecule has 7 nitrogen and oxygen atoms in total. The second-order valence-corrected chi connectivity index (χ2v) is 9.07. The first-order valence-electron chi connectivity index (χ1n) is 12.2. The topological polar surface area (TPSA) is 63.4 Å². The van der Waals surface area contributed by atoms with Crippen molar-refractivity contribution in [3.63, 3.8) is 0 Å². The van der Waals surface area contributed by atoms with Gasteiger partial charge in [-0.3, -0.25) is 18.7 Å². The highest BCUT2D eigenvalue weighted by molar-refractivity contribution is 5.95. The zero-order valence-electron chi connectivity index (χ0n) is 20.0. The number of piperazine rings is 1. The summed E-state index contributed by atoms with van der Waals surface area (Å²) in [5.74, 6) is 0. The maximum atomic E-state index is 12.6. The summed E-state index contributed by atoms with van der Waals surface area (Å²) in [6.45, 7) is 5.20. The second-order valence-electron chi connectivity index (χ2n) is 9.07. The van der Waals surface area contributed by atoms with Gasteiger partial charge in [0.1, 0.15) is 6.20 Å². The molecule has 1 fully saturated rings. The van der Waals surface area contributed by atoms with E-state index in [4.69, 9.17) is 0 Å². The highest BCUT2D eigenvalue weighted by atomic mass is 18.2. The fourth-order valence-electron chi connectivity index (χ4n) is 4.67. The quantitative estimate of drug-likeness (QED) is 0.430. The minimum absolute atomic E-state index is 0.249. The van der Waals surface area contributed by atoms with Crippen LogP contribution in [0.4, 0.5) is 10.1 Å². The first-order valence-corrected chi connectivity index (χ1v) is 12.2. The van der Waals surface area contributed by atoms with Crippen LogP contribution in [-0.4, -0.2) is 58.6 Å². The number of unbranched alkanes of at least 4 members (excludes halogenated alkanes) is 2. The zero-order chi connectivity index (χ0) is 23.9. The third-order valence-corrected chi connectivity index (χ3v) is 6.70. The Balaban J connectivity index is 1.31. The third-order valence-electron chi connectivity index (χ3n) is 6.70. The van der Waals surface area contributed by atoms with Crippen molar-refractivity contribution in [2.45, 2.75) is 38.6 Å². The molecule has 0 atom stereocenters. The summed E-state index contributed by atoms with van der Waals surface area (Å²) in [5.41, 5.74) is 1.83. The molecule has 182 valence electrons. The summed E-state index contributed by atoms with van der Waals surface area (Å²) >= 11 is 0. The van der Waals surface area contributed by atoms with Crippen LogP contribution in [-0.2, 0) is 20.0 Å². The molecule has 1 aliphatic rings. The van der Waals surface area contributed by atoms with Crippen molar-refractivity contribution in [1.82, 2.24) is 19.2 Å². The van der Waals surface area contributed by atoms with Gasteiger partial charge in [0.05, 0.1) is 6.67 Å². The smallest absolute Gasteiger partial charge is 0.347 e. The van der Waals surface area contributed by atoms with E-state index in [-0.39, 0.29) is 17.9 Å².